The van der Waals surface area contributed by atoms with Crippen LogP contribution in [0.1, 0.15) is 20.8 Å². The molecule has 0 N–H and O–H groups in total. The molecular formula is C4H11KS. The summed E-state index contributed by atoms with van der Waals surface area (Å²) in [7, 11) is 0. The van der Waals surface area contributed by atoms with E-state index in [1.807, 2.05) is 0 Å². The summed E-state index contributed by atoms with van der Waals surface area (Å²) in [6.07, 6.45) is 0. The molecule has 0 amide bonds. The molecule has 0 nitrogen and oxygen atoms in total. The topological polar surface area (TPSA) is 0 Å². The molecule has 0 spiro atoms. The first-order valence-electron chi connectivity index (χ1n) is 1.72. The quantitative estimate of drug-likeness (QED) is 0.368. The van der Waals surface area contributed by atoms with Crippen LogP contribution in [0.4, 0.5) is 0 Å². The van der Waals surface area contributed by atoms with Crippen LogP contribution in [-0.2, 0) is 0 Å². The number of hydrogen-bond donors (Lipinski definition) is 1. The van der Waals surface area contributed by atoms with Gasteiger partial charge >= 0.3 is 51.4 Å². The third-order valence-corrected chi connectivity index (χ3v) is 0. The van der Waals surface area contributed by atoms with Gasteiger partial charge in [0.15, 0.2) is 0 Å². The monoisotopic (exact) mass is 130 g/mol. The van der Waals surface area contributed by atoms with Crippen molar-refractivity contribution >= 4 is 64.0 Å². The maximum atomic E-state index is 4.12. The van der Waals surface area contributed by atoms with Gasteiger partial charge in [0.1, 0.15) is 0 Å². The zero-order chi connectivity index (χ0) is 4.50. The van der Waals surface area contributed by atoms with Gasteiger partial charge in [-0.3, -0.25) is 0 Å². The summed E-state index contributed by atoms with van der Waals surface area (Å²) in [4.78, 5) is 0. The fourth-order valence-corrected chi connectivity index (χ4v) is 0. The third-order valence-electron chi connectivity index (χ3n) is 0. The van der Waals surface area contributed by atoms with Gasteiger partial charge in [0.05, 0.1) is 0 Å². The Hall–Kier alpha value is 1.99. The zero-order valence-electron chi connectivity index (χ0n) is 3.95. The molecule has 0 aromatic carbocycles. The first-order chi connectivity index (χ1) is 2.00. The molecule has 0 aliphatic heterocycles. The molecule has 0 unspecified atom stereocenters. The summed E-state index contributed by atoms with van der Waals surface area (Å²) in [5.41, 5.74) is 0. The van der Waals surface area contributed by atoms with Crippen molar-refractivity contribution < 1.29 is 0 Å². The van der Waals surface area contributed by atoms with E-state index < -0.39 is 0 Å². The normalized spacial score (nSPS) is 10.0. The second-order valence-corrected chi connectivity index (χ2v) is 3.51. The minimum atomic E-state index is 0. The Balaban J connectivity index is 0. The first kappa shape index (κ1) is 10.9. The van der Waals surface area contributed by atoms with Gasteiger partial charge in [-0.2, -0.15) is 12.6 Å². The molecule has 0 saturated carbocycles. The molecule has 0 fully saturated rings. The van der Waals surface area contributed by atoms with Crippen LogP contribution in [0.15, 0.2) is 0 Å². The predicted octanol–water partition coefficient (Wildman–Crippen LogP) is 1.07. The summed E-state index contributed by atoms with van der Waals surface area (Å²) in [5.74, 6) is 0. The maximum absolute atomic E-state index is 4.12. The van der Waals surface area contributed by atoms with Crippen LogP contribution in [0.25, 0.3) is 0 Å². The van der Waals surface area contributed by atoms with E-state index in [-0.39, 0.29) is 56.1 Å². The second-order valence-electron chi connectivity index (χ2n) is 2.17. The summed E-state index contributed by atoms with van der Waals surface area (Å²) in [5, 5.41) is 0. The Labute approximate surface area is 87.9 Å². The Bertz CT molecular complexity index is 23.0. The van der Waals surface area contributed by atoms with E-state index >= 15 is 0 Å². The molecule has 0 aromatic heterocycles. The zero-order valence-corrected chi connectivity index (χ0v) is 4.84. The van der Waals surface area contributed by atoms with Crippen molar-refractivity contribution in [2.75, 3.05) is 0 Å². The van der Waals surface area contributed by atoms with Crippen molar-refractivity contribution in [1.82, 2.24) is 0 Å². The molecule has 0 atom stereocenters. The fraction of sp³-hybridized carbons (Fsp3) is 1.00. The van der Waals surface area contributed by atoms with Crippen LogP contribution in [0.5, 0.6) is 0 Å². The van der Waals surface area contributed by atoms with Crippen molar-refractivity contribution in [1.29, 1.82) is 0 Å². The van der Waals surface area contributed by atoms with Crippen molar-refractivity contribution in [2.45, 2.75) is 25.5 Å². The fourth-order valence-electron chi connectivity index (χ4n) is 0. The average Bonchev–Trinajstić information content (AvgIpc) is 0.722. The van der Waals surface area contributed by atoms with Crippen LogP contribution in [0.3, 0.4) is 0 Å². The molecule has 6 heavy (non-hydrogen) atoms. The first-order valence-corrected chi connectivity index (χ1v) is 2.17. The SMILES string of the molecule is CC(C)(C)S.[KH]. The van der Waals surface area contributed by atoms with Crippen molar-refractivity contribution in [3.05, 3.63) is 0 Å². The van der Waals surface area contributed by atoms with Gasteiger partial charge in [-0.05, 0) is 0 Å². The minimum absolute atomic E-state index is 0. The Morgan fingerprint density at radius 1 is 1.17 bits per heavy atom. The molecule has 0 aliphatic rings. The summed E-state index contributed by atoms with van der Waals surface area (Å²) in [6.45, 7) is 6.16. The molecule has 0 heterocycles. The van der Waals surface area contributed by atoms with Crippen molar-refractivity contribution in [3.63, 3.8) is 0 Å². The van der Waals surface area contributed by atoms with Crippen LogP contribution in [0, 0.1) is 0 Å². The van der Waals surface area contributed by atoms with Gasteiger partial charge in [-0.1, -0.05) is 20.8 Å². The van der Waals surface area contributed by atoms with E-state index in [1.165, 1.54) is 0 Å². The van der Waals surface area contributed by atoms with Crippen molar-refractivity contribution in [3.8, 4) is 0 Å². The molecule has 0 radical (unpaired) electrons. The van der Waals surface area contributed by atoms with Crippen LogP contribution in [0.2, 0.25) is 0 Å². The van der Waals surface area contributed by atoms with Gasteiger partial charge in [-0.15, -0.1) is 0 Å². The Kier molecular flexibility index (Phi) is 7.12. The summed E-state index contributed by atoms with van der Waals surface area (Å²) >= 11 is 4.12. The molecule has 0 aliphatic carbocycles. The van der Waals surface area contributed by atoms with E-state index in [2.05, 4.69) is 33.4 Å². The van der Waals surface area contributed by atoms with E-state index in [9.17, 15) is 0 Å². The standard InChI is InChI=1S/C4H10S.K.H/c1-4(2,3)5;;/h5H,1-3H3;;. The van der Waals surface area contributed by atoms with Gasteiger partial charge in [0.2, 0.25) is 0 Å². The van der Waals surface area contributed by atoms with Crippen molar-refractivity contribution in [2.24, 2.45) is 0 Å². The van der Waals surface area contributed by atoms with Gasteiger partial charge < -0.3 is 0 Å². The van der Waals surface area contributed by atoms with Gasteiger partial charge in [0, 0.05) is 4.75 Å². The summed E-state index contributed by atoms with van der Waals surface area (Å²) < 4.78 is 0.194. The average molecular weight is 130 g/mol. The van der Waals surface area contributed by atoms with Gasteiger partial charge in [-0.25, -0.2) is 0 Å². The molecule has 2 heteroatoms. The molecule has 34 valence electrons. The summed E-state index contributed by atoms with van der Waals surface area (Å²) in [6, 6.07) is 0. The predicted molar refractivity (Wildman–Crippen MR) is 35.9 cm³/mol. The molecular weight excluding hydrogens is 119 g/mol. The van der Waals surface area contributed by atoms with Gasteiger partial charge in [0.25, 0.3) is 0 Å². The Morgan fingerprint density at radius 3 is 1.17 bits per heavy atom. The van der Waals surface area contributed by atoms with E-state index in [0.29, 0.717) is 0 Å². The van der Waals surface area contributed by atoms with Crippen LogP contribution in [-0.4, -0.2) is 56.1 Å². The Morgan fingerprint density at radius 2 is 1.17 bits per heavy atom. The molecule has 0 saturated heterocycles. The van der Waals surface area contributed by atoms with E-state index in [1.54, 1.807) is 0 Å². The molecule has 0 aromatic rings. The molecule has 0 rings (SSSR count). The van der Waals surface area contributed by atoms with E-state index in [0.717, 1.165) is 0 Å². The third kappa shape index (κ3) is 37.7. The number of hydrogen-bond acceptors (Lipinski definition) is 1. The second kappa shape index (κ2) is 3.93. The van der Waals surface area contributed by atoms with Crippen LogP contribution < -0.4 is 0 Å². The number of thiol groups is 1. The molecule has 0 bridgehead atoms. The van der Waals surface area contributed by atoms with Crippen LogP contribution >= 0.6 is 12.6 Å². The number of rotatable bonds is 0. The van der Waals surface area contributed by atoms with E-state index in [4.69, 9.17) is 0 Å².